The minimum atomic E-state index is -0.515. The lowest BCUT2D eigenvalue weighted by Gasteiger charge is -2.36. The van der Waals surface area contributed by atoms with Crippen LogP contribution in [0.4, 0.5) is 33.9 Å². The third kappa shape index (κ3) is 25.5. The van der Waals surface area contributed by atoms with Crippen molar-refractivity contribution >= 4 is 114 Å². The number of rotatable bonds is 13. The molecule has 8 aromatic heterocycles. The molecule has 125 heavy (non-hydrogen) atoms. The molecule has 9 heterocycles. The molecule has 1 amide bonds. The van der Waals surface area contributed by atoms with Crippen LogP contribution in [0.2, 0.25) is 15.3 Å². The van der Waals surface area contributed by atoms with Crippen molar-refractivity contribution in [3.05, 3.63) is 235 Å². The topological polar surface area (TPSA) is 463 Å². The van der Waals surface area contributed by atoms with Crippen molar-refractivity contribution in [2.45, 2.75) is 107 Å². The lowest BCUT2D eigenvalue weighted by Crippen LogP contribution is -2.50. The number of nitrogen functional groups attached to an aromatic ring is 4. The number of fused-ring (bicyclic) bond motifs is 4. The van der Waals surface area contributed by atoms with E-state index in [2.05, 4.69) is 166 Å². The quantitative estimate of drug-likeness (QED) is 0.0517. The van der Waals surface area contributed by atoms with Crippen LogP contribution in [-0.4, -0.2) is 173 Å². The van der Waals surface area contributed by atoms with Gasteiger partial charge in [-0.3, -0.25) is 25.2 Å². The summed E-state index contributed by atoms with van der Waals surface area (Å²) < 4.78 is 25.5. The van der Waals surface area contributed by atoms with Gasteiger partial charge in [0.05, 0.1) is 55.5 Å². The van der Waals surface area contributed by atoms with Gasteiger partial charge in [-0.2, -0.15) is 20.4 Å². The van der Waals surface area contributed by atoms with E-state index >= 15 is 0 Å². The number of amides is 1. The molecule has 36 heteroatoms. The predicted octanol–water partition coefficient (Wildman–Crippen LogP) is 16.6. The largest absolute Gasteiger partial charge is 0.497 e. The number of methoxy groups -OCH3 is 4. The van der Waals surface area contributed by atoms with Gasteiger partial charge >= 0.3 is 6.09 Å². The zero-order chi connectivity index (χ0) is 90.0. The van der Waals surface area contributed by atoms with E-state index < -0.39 is 11.2 Å². The number of aromatic nitrogens is 20. The number of piperazine rings is 1. The lowest BCUT2D eigenvalue weighted by atomic mass is 10.1. The normalized spacial score (nSPS) is 11.4. The second-order valence-electron chi connectivity index (χ2n) is 29.1. The summed E-state index contributed by atoms with van der Waals surface area (Å²) in [5, 5.41) is 64.6. The van der Waals surface area contributed by atoms with E-state index in [0.29, 0.717) is 60.3 Å². The molecule has 0 unspecified atom stereocenters. The van der Waals surface area contributed by atoms with E-state index in [1.807, 2.05) is 181 Å². The van der Waals surface area contributed by atoms with Gasteiger partial charge in [-0.05, 0) is 218 Å². The highest BCUT2D eigenvalue weighted by molar-refractivity contribution is 6.32. The average Bonchev–Trinajstić information content (AvgIpc) is 1.40. The molecule has 0 spiro atoms. The van der Waals surface area contributed by atoms with E-state index in [1.165, 1.54) is 22.3 Å². The Morgan fingerprint density at radius 2 is 0.752 bits per heavy atom. The summed E-state index contributed by atoms with van der Waals surface area (Å²) in [5.41, 5.74) is 37.4. The number of nitrogens with zero attached hydrogens (tertiary/aromatic N) is 17. The Balaban J connectivity index is 0.000000154. The summed E-state index contributed by atoms with van der Waals surface area (Å²) in [7, 11) is 6.66. The number of aromatic amines is 5. The van der Waals surface area contributed by atoms with Crippen molar-refractivity contribution in [1.29, 1.82) is 0 Å². The number of carbonyl (C=O) groups excluding carboxylic acids is 1. The standard InChI is InChI=1S/C20H26N8O2.2C11H9ClN6.C11H10N6O.C9H11ClO.3C9H12O/c1-12-14-11-13(5-6-15(14)24-23-12)17-22-18(16(21)25-26-17)27-7-9-28(10-8-27)19(29)30-20(2,3)4;2*1-5-7-4-6(2-3-8(7)16-15-5)11-14-9(12)10(13)17-18-11;1-5-7-4-6(2-3-8(7)15-14-5)10-13-11(18)9(12)16-17-10;1-3-7-4-5-9(11-2)8(10)6-7;3*1-3-8-4-6-9(10-2)7-5-8/h5-6,11H,7-10H2,1-4H3,(H2,21,25)(H,23,24);2*2-4H,1H3,(H2,13,17)(H,15,16);2-4H,1H3,(H2,12,16)(H,14,15)(H,13,17,18);4-6H,3H2,1-2H3;3*4-7H,3H2,1-2H3. The third-order valence-corrected chi connectivity index (χ3v) is 20.2. The Morgan fingerprint density at radius 1 is 0.408 bits per heavy atom. The number of nitrogens with two attached hydrogens (primary N) is 4. The number of ether oxygens (including phenoxy) is 5. The minimum absolute atomic E-state index is 0.126. The summed E-state index contributed by atoms with van der Waals surface area (Å²) >= 11 is 17.6. The van der Waals surface area contributed by atoms with Gasteiger partial charge in [-0.25, -0.2) is 19.7 Å². The Hall–Kier alpha value is -14.2. The van der Waals surface area contributed by atoms with E-state index in [4.69, 9.17) is 81.4 Å². The van der Waals surface area contributed by atoms with Gasteiger partial charge in [0.15, 0.2) is 56.9 Å². The molecule has 17 rings (SSSR count). The fourth-order valence-corrected chi connectivity index (χ4v) is 12.6. The maximum atomic E-state index is 12.3. The van der Waals surface area contributed by atoms with Gasteiger partial charge in [0, 0.05) is 92.8 Å². The summed E-state index contributed by atoms with van der Waals surface area (Å²) in [4.78, 5) is 42.9. The molecule has 16 aromatic rings. The fraction of sp³-hybridized carbons (Fsp3) is 0.270. The number of halogens is 3. The Morgan fingerprint density at radius 3 is 1.09 bits per heavy atom. The molecule has 8 aromatic carbocycles. The first-order chi connectivity index (χ1) is 60.0. The van der Waals surface area contributed by atoms with E-state index in [1.54, 1.807) is 33.3 Å². The highest BCUT2D eigenvalue weighted by Crippen LogP contribution is 2.31. The number of aryl methyl sites for hydroxylation is 8. The van der Waals surface area contributed by atoms with Crippen LogP contribution < -0.4 is 52.3 Å². The van der Waals surface area contributed by atoms with Crippen LogP contribution in [-0.2, 0) is 30.4 Å². The van der Waals surface area contributed by atoms with Crippen LogP contribution in [0.15, 0.2) is 169 Å². The molecular formula is C89H101Cl3N26O7. The average molecular weight is 1750 g/mol. The van der Waals surface area contributed by atoms with E-state index in [9.17, 15) is 9.59 Å². The van der Waals surface area contributed by atoms with Crippen LogP contribution in [0.25, 0.3) is 89.2 Å². The molecule has 1 saturated heterocycles. The van der Waals surface area contributed by atoms with Crippen LogP contribution in [0.5, 0.6) is 23.0 Å². The Labute approximate surface area is 737 Å². The molecule has 0 bridgehead atoms. The van der Waals surface area contributed by atoms with Gasteiger partial charge in [-0.15, -0.1) is 40.8 Å². The number of H-pyrrole nitrogens is 5. The third-order valence-electron chi connectivity index (χ3n) is 19.3. The van der Waals surface area contributed by atoms with Gasteiger partial charge in [0.1, 0.15) is 28.6 Å². The Bertz CT molecular complexity index is 6000. The molecule has 1 aliphatic rings. The summed E-state index contributed by atoms with van der Waals surface area (Å²) in [6.45, 7) is 24.1. The van der Waals surface area contributed by atoms with Crippen molar-refractivity contribution in [2.24, 2.45) is 0 Å². The molecule has 1 aliphatic heterocycles. The summed E-state index contributed by atoms with van der Waals surface area (Å²) in [5.74, 6) is 6.25. The molecule has 0 atom stereocenters. The van der Waals surface area contributed by atoms with Crippen LogP contribution >= 0.6 is 34.8 Å². The molecule has 1 fully saturated rings. The Kier molecular flexibility index (Phi) is 32.8. The zero-order valence-corrected chi connectivity index (χ0v) is 74.4. The van der Waals surface area contributed by atoms with E-state index in [-0.39, 0.29) is 39.7 Å². The first kappa shape index (κ1) is 93.1. The second kappa shape index (κ2) is 44.1. The van der Waals surface area contributed by atoms with Crippen molar-refractivity contribution in [3.8, 4) is 68.5 Å². The van der Waals surface area contributed by atoms with Gasteiger partial charge in [0.2, 0.25) is 5.82 Å². The predicted molar refractivity (Wildman–Crippen MR) is 494 cm³/mol. The van der Waals surface area contributed by atoms with Crippen LogP contribution in [0.3, 0.4) is 0 Å². The molecule has 0 aliphatic carbocycles. The minimum Gasteiger partial charge on any atom is -0.497 e. The lowest BCUT2D eigenvalue weighted by molar-refractivity contribution is 0.0240. The van der Waals surface area contributed by atoms with Crippen molar-refractivity contribution in [3.63, 3.8) is 0 Å². The van der Waals surface area contributed by atoms with Gasteiger partial charge in [0.25, 0.3) is 5.56 Å². The molecular weight excluding hydrogens is 1650 g/mol. The molecule has 650 valence electrons. The number of carbonyl (C=O) groups is 1. The first-order valence-corrected chi connectivity index (χ1v) is 40.9. The zero-order valence-electron chi connectivity index (χ0n) is 72.1. The summed E-state index contributed by atoms with van der Waals surface area (Å²) in [6.07, 6.45) is 3.96. The molecule has 0 saturated carbocycles. The number of anilines is 5. The number of benzene rings is 8. The molecule has 33 nitrogen and oxygen atoms in total. The second-order valence-corrected chi connectivity index (χ2v) is 30.2. The smallest absolute Gasteiger partial charge is 0.410 e. The number of nitrogens with one attached hydrogen (secondary N) is 5. The van der Waals surface area contributed by atoms with Gasteiger partial charge in [-0.1, -0.05) is 105 Å². The summed E-state index contributed by atoms with van der Waals surface area (Å²) in [6, 6.07) is 53.0. The first-order valence-electron chi connectivity index (χ1n) is 39.8. The monoisotopic (exact) mass is 1750 g/mol. The SMILES string of the molecule is CCc1ccc(OC)c(Cl)c1.CCc1ccc(OC)cc1.CCc1ccc(OC)cc1.CCc1ccc(OC)cc1.Cc1[nH]nc2ccc(-c3nnc(N)c(=O)[nH]3)cc12.Cc1[nH]nc2ccc(-c3nnc(N)c(Cl)n3)cc12.Cc1[nH]nc2ccc(-c3nnc(N)c(Cl)n3)cc12.Cc1[nH]nc2ccc(-c3nnc(N)c(N4CCN(C(=O)OC(C)(C)C)CC4)n3)cc12. The van der Waals surface area contributed by atoms with Crippen molar-refractivity contribution < 1.29 is 28.5 Å². The molecule has 0 radical (unpaired) electrons. The van der Waals surface area contributed by atoms with Crippen molar-refractivity contribution in [1.82, 2.24) is 106 Å². The highest BCUT2D eigenvalue weighted by Gasteiger charge is 2.28. The highest BCUT2D eigenvalue weighted by atomic mass is 35.5. The van der Waals surface area contributed by atoms with Crippen LogP contribution in [0, 0.1) is 27.7 Å². The van der Waals surface area contributed by atoms with Crippen molar-refractivity contribution in [2.75, 3.05) is 82.5 Å². The van der Waals surface area contributed by atoms with Crippen LogP contribution in [0.1, 0.15) is 93.5 Å². The maximum absolute atomic E-state index is 12.3. The van der Waals surface area contributed by atoms with E-state index in [0.717, 1.165) is 137 Å². The van der Waals surface area contributed by atoms with Gasteiger partial charge < -0.3 is 61.4 Å². The number of hydrogen-bond donors (Lipinski definition) is 9. The number of hydrogen-bond acceptors (Lipinski definition) is 27. The fourth-order valence-electron chi connectivity index (χ4n) is 12.1. The molecule has 13 N–H and O–H groups in total. The maximum Gasteiger partial charge on any atom is 0.410 e.